The molecule has 80 valence electrons. The van der Waals surface area contributed by atoms with E-state index in [0.717, 1.165) is 11.0 Å². The SMILES string of the molecule is C=[As]c1ccc(NC(=O)NCCBr)cc1. The molecule has 2 amide bonds. The number of alkyl halides is 1. The Hall–Kier alpha value is -0.602. The maximum atomic E-state index is 11.3. The number of hydrogen-bond acceptors (Lipinski definition) is 1. The van der Waals surface area contributed by atoms with Crippen molar-refractivity contribution in [2.75, 3.05) is 17.2 Å². The number of carbonyl (C=O) groups excluding carboxylic acids is 1. The van der Waals surface area contributed by atoms with Gasteiger partial charge in [-0.25, -0.2) is 0 Å². The minimum atomic E-state index is -0.176. The molecule has 0 heterocycles. The van der Waals surface area contributed by atoms with Gasteiger partial charge >= 0.3 is 104 Å². The zero-order valence-corrected chi connectivity index (χ0v) is 11.6. The molecule has 0 fully saturated rings. The van der Waals surface area contributed by atoms with Crippen LogP contribution >= 0.6 is 15.9 Å². The summed E-state index contributed by atoms with van der Waals surface area (Å²) in [5.41, 5.74) is 0.806. The molecule has 0 aliphatic carbocycles. The number of amides is 2. The fourth-order valence-electron chi connectivity index (χ4n) is 0.986. The quantitative estimate of drug-likeness (QED) is 0.626. The molecule has 0 aliphatic rings. The molecule has 1 aromatic rings. The maximum absolute atomic E-state index is 11.3. The van der Waals surface area contributed by atoms with Crippen LogP contribution in [0.4, 0.5) is 10.5 Å². The Kier molecular flexibility index (Phi) is 5.66. The molecule has 15 heavy (non-hydrogen) atoms. The summed E-state index contributed by atoms with van der Waals surface area (Å²) in [5.74, 6) is 0. The van der Waals surface area contributed by atoms with Crippen LogP contribution in [0.15, 0.2) is 24.3 Å². The van der Waals surface area contributed by atoms with Crippen molar-refractivity contribution in [3.8, 4) is 0 Å². The molecule has 0 unspecified atom stereocenters. The molecule has 0 bridgehead atoms. The number of urea groups is 1. The molecular weight excluding hydrogens is 319 g/mol. The molecule has 0 atom stereocenters. The number of hydrogen-bond donors (Lipinski definition) is 2. The molecule has 0 radical (unpaired) electrons. The topological polar surface area (TPSA) is 41.1 Å². The molecule has 3 nitrogen and oxygen atoms in total. The van der Waals surface area contributed by atoms with Gasteiger partial charge in [0.25, 0.3) is 0 Å². The van der Waals surface area contributed by atoms with E-state index in [0.29, 0.717) is 6.54 Å². The Morgan fingerprint density at radius 2 is 2.07 bits per heavy atom. The Labute approximate surface area is 104 Å². The van der Waals surface area contributed by atoms with E-state index in [1.165, 1.54) is 4.35 Å². The normalized spacial score (nSPS) is 9.93. The fourth-order valence-corrected chi connectivity index (χ4v) is 1.94. The Morgan fingerprint density at radius 1 is 1.40 bits per heavy atom. The second kappa shape index (κ2) is 6.80. The van der Waals surface area contributed by atoms with Crippen LogP contribution in [0.3, 0.4) is 0 Å². The predicted molar refractivity (Wildman–Crippen MR) is 69.8 cm³/mol. The first-order valence-corrected chi connectivity index (χ1v) is 7.82. The van der Waals surface area contributed by atoms with Gasteiger partial charge in [-0.1, -0.05) is 0 Å². The van der Waals surface area contributed by atoms with Crippen LogP contribution < -0.4 is 15.0 Å². The summed E-state index contributed by atoms with van der Waals surface area (Å²) in [6, 6.07) is 7.60. The standard InChI is InChI=1S/C10H12AsBrN2O/c1-11-8-2-4-9(5-3-8)14-10(15)13-7-6-12/h2-5H,1,6-7H2,(H2,13,14,15). The van der Waals surface area contributed by atoms with Crippen LogP contribution in [-0.2, 0) is 0 Å². The molecule has 0 saturated heterocycles. The Bertz CT molecular complexity index is 340. The van der Waals surface area contributed by atoms with Crippen molar-refractivity contribution >= 4 is 52.6 Å². The molecule has 0 spiro atoms. The van der Waals surface area contributed by atoms with Gasteiger partial charge in [0, 0.05) is 0 Å². The number of carbonyl (C=O) groups is 1. The summed E-state index contributed by atoms with van der Waals surface area (Å²) in [7, 11) is 0. The van der Waals surface area contributed by atoms with Crippen LogP contribution in [-0.4, -0.2) is 38.5 Å². The van der Waals surface area contributed by atoms with Gasteiger partial charge in [-0.2, -0.15) is 0 Å². The van der Waals surface area contributed by atoms with E-state index < -0.39 is 0 Å². The van der Waals surface area contributed by atoms with Gasteiger partial charge in [-0.05, 0) is 0 Å². The van der Waals surface area contributed by atoms with E-state index in [9.17, 15) is 4.79 Å². The van der Waals surface area contributed by atoms with Gasteiger partial charge in [0.1, 0.15) is 0 Å². The first-order chi connectivity index (χ1) is 7.26. The van der Waals surface area contributed by atoms with Gasteiger partial charge < -0.3 is 0 Å². The summed E-state index contributed by atoms with van der Waals surface area (Å²) in [6.07, 6.45) is 0. The van der Waals surface area contributed by atoms with Gasteiger partial charge in [0.05, 0.1) is 0 Å². The molecule has 1 aromatic carbocycles. The van der Waals surface area contributed by atoms with Gasteiger partial charge in [-0.3, -0.25) is 0 Å². The van der Waals surface area contributed by atoms with E-state index in [1.807, 2.05) is 24.3 Å². The van der Waals surface area contributed by atoms with Crippen LogP contribution in [0.5, 0.6) is 0 Å². The summed E-state index contributed by atoms with van der Waals surface area (Å²) in [6.45, 7) is 0.619. The average Bonchev–Trinajstić information content (AvgIpc) is 2.27. The van der Waals surface area contributed by atoms with Crippen molar-refractivity contribution in [2.24, 2.45) is 0 Å². The van der Waals surface area contributed by atoms with Crippen molar-refractivity contribution in [2.45, 2.75) is 0 Å². The molecule has 2 N–H and O–H groups in total. The third-order valence-corrected chi connectivity index (χ3v) is 3.48. The fraction of sp³-hybridized carbons (Fsp3) is 0.200. The summed E-state index contributed by atoms with van der Waals surface area (Å²) in [4.78, 5) is 11.3. The third kappa shape index (κ3) is 4.63. The molecule has 5 heteroatoms. The second-order valence-electron chi connectivity index (χ2n) is 2.77. The Balaban J connectivity index is 2.49. The first kappa shape index (κ1) is 12.5. The Morgan fingerprint density at radius 3 is 2.60 bits per heavy atom. The zero-order chi connectivity index (χ0) is 11.1. The van der Waals surface area contributed by atoms with Crippen molar-refractivity contribution < 1.29 is 4.79 Å². The van der Waals surface area contributed by atoms with E-state index >= 15 is 0 Å². The molecule has 0 aromatic heterocycles. The van der Waals surface area contributed by atoms with Gasteiger partial charge in [0.15, 0.2) is 0 Å². The average molecular weight is 331 g/mol. The van der Waals surface area contributed by atoms with Crippen LogP contribution in [0.2, 0.25) is 0 Å². The third-order valence-electron chi connectivity index (χ3n) is 1.69. The molecule has 1 rings (SSSR count). The zero-order valence-electron chi connectivity index (χ0n) is 8.16. The summed E-state index contributed by atoms with van der Waals surface area (Å²) in [5, 5.41) is 10.1. The van der Waals surface area contributed by atoms with E-state index in [2.05, 4.69) is 31.9 Å². The van der Waals surface area contributed by atoms with E-state index in [4.69, 9.17) is 0 Å². The number of nitrogens with one attached hydrogen (secondary N) is 2. The first-order valence-electron chi connectivity index (χ1n) is 4.44. The monoisotopic (exact) mass is 330 g/mol. The van der Waals surface area contributed by atoms with E-state index in [-0.39, 0.29) is 21.3 Å². The van der Waals surface area contributed by atoms with Crippen molar-refractivity contribution in [1.29, 1.82) is 0 Å². The second-order valence-corrected chi connectivity index (χ2v) is 5.31. The van der Waals surface area contributed by atoms with Gasteiger partial charge in [0.2, 0.25) is 0 Å². The van der Waals surface area contributed by atoms with Crippen molar-refractivity contribution in [3.05, 3.63) is 24.3 Å². The molecule has 0 saturated carbocycles. The van der Waals surface area contributed by atoms with Gasteiger partial charge in [-0.15, -0.1) is 0 Å². The van der Waals surface area contributed by atoms with Crippen LogP contribution in [0.25, 0.3) is 0 Å². The van der Waals surface area contributed by atoms with Crippen molar-refractivity contribution in [3.63, 3.8) is 0 Å². The van der Waals surface area contributed by atoms with Crippen LogP contribution in [0.1, 0.15) is 0 Å². The number of rotatable bonds is 4. The molecule has 0 aliphatic heterocycles. The number of anilines is 1. The number of halogens is 1. The number of benzene rings is 1. The summed E-state index contributed by atoms with van der Waals surface area (Å²) >= 11 is 3.25. The van der Waals surface area contributed by atoms with Crippen molar-refractivity contribution in [1.82, 2.24) is 5.32 Å². The predicted octanol–water partition coefficient (Wildman–Crippen LogP) is 0.965. The summed E-state index contributed by atoms with van der Waals surface area (Å²) < 4.78 is 1.25. The minimum absolute atomic E-state index is 0.0110. The van der Waals surface area contributed by atoms with Crippen LogP contribution in [0, 0.1) is 0 Å². The van der Waals surface area contributed by atoms with E-state index in [1.54, 1.807) is 0 Å². The molecular formula is C10H12AsBrN2O.